The number of carboxylic acid groups (broad SMARTS) is 1. The third-order valence-electron chi connectivity index (χ3n) is 1.75. The molecule has 1 N–H and O–H groups in total. The molecule has 0 spiro atoms. The molecule has 0 fully saturated rings. The summed E-state index contributed by atoms with van der Waals surface area (Å²) >= 11 is 0. The van der Waals surface area contributed by atoms with Gasteiger partial charge in [-0.05, 0) is 12.1 Å². The van der Waals surface area contributed by atoms with E-state index < -0.39 is 33.9 Å². The number of halogens is 3. The molecule has 16 heavy (non-hydrogen) atoms. The second-order valence-electron chi connectivity index (χ2n) is 2.79. The second kappa shape index (κ2) is 3.80. The average molecular weight is 235 g/mol. The maximum Gasteiger partial charge on any atom is 0.416 e. The van der Waals surface area contributed by atoms with Crippen LogP contribution in [0.5, 0.6) is 0 Å². The molecule has 0 aliphatic rings. The number of nitro benzene ring substituents is 1. The fraction of sp³-hybridized carbons (Fsp3) is 0.125. The molecule has 0 atom stereocenters. The van der Waals surface area contributed by atoms with Crippen LogP contribution in [-0.4, -0.2) is 16.0 Å². The van der Waals surface area contributed by atoms with E-state index in [9.17, 15) is 28.1 Å². The highest BCUT2D eigenvalue weighted by Crippen LogP contribution is 2.32. The highest BCUT2D eigenvalue weighted by atomic mass is 19.4. The molecule has 0 aliphatic carbocycles. The Balaban J connectivity index is 3.40. The third-order valence-corrected chi connectivity index (χ3v) is 1.75. The van der Waals surface area contributed by atoms with E-state index in [2.05, 4.69) is 0 Å². The first-order valence-electron chi connectivity index (χ1n) is 3.82. The van der Waals surface area contributed by atoms with Crippen molar-refractivity contribution < 1.29 is 28.0 Å². The monoisotopic (exact) mass is 235 g/mol. The van der Waals surface area contributed by atoms with Crippen LogP contribution < -0.4 is 0 Å². The standard InChI is InChI=1S/C8H4F3NO4/c9-8(10,11)4-1-2-5(7(13)14)6(3-4)12(15)16/h1-3H,(H,13,14). The van der Waals surface area contributed by atoms with E-state index in [1.807, 2.05) is 0 Å². The van der Waals surface area contributed by atoms with Crippen LogP contribution in [0.4, 0.5) is 18.9 Å². The lowest BCUT2D eigenvalue weighted by Gasteiger charge is -2.06. The molecular formula is C8H4F3NO4. The van der Waals surface area contributed by atoms with Gasteiger partial charge in [-0.25, -0.2) is 4.79 Å². The molecule has 0 saturated heterocycles. The highest BCUT2D eigenvalue weighted by Gasteiger charge is 2.33. The molecule has 0 radical (unpaired) electrons. The first kappa shape index (κ1) is 12.0. The van der Waals surface area contributed by atoms with Gasteiger partial charge in [0.1, 0.15) is 5.56 Å². The van der Waals surface area contributed by atoms with Crippen molar-refractivity contribution in [2.45, 2.75) is 6.18 Å². The SMILES string of the molecule is O=C(O)c1ccc(C(F)(F)F)cc1[N+](=O)[O-]. The molecule has 5 nitrogen and oxygen atoms in total. The Morgan fingerprint density at radius 1 is 1.38 bits per heavy atom. The van der Waals surface area contributed by atoms with Gasteiger partial charge in [-0.2, -0.15) is 13.2 Å². The quantitative estimate of drug-likeness (QED) is 0.629. The molecule has 0 amide bonds. The average Bonchev–Trinajstić information content (AvgIpc) is 2.15. The van der Waals surface area contributed by atoms with Crippen LogP contribution >= 0.6 is 0 Å². The Hall–Kier alpha value is -2.12. The summed E-state index contributed by atoms with van der Waals surface area (Å²) in [5.74, 6) is -1.65. The van der Waals surface area contributed by atoms with Gasteiger partial charge < -0.3 is 5.11 Å². The summed E-state index contributed by atoms with van der Waals surface area (Å²) in [5, 5.41) is 18.9. The Bertz CT molecular complexity index is 455. The van der Waals surface area contributed by atoms with Gasteiger partial charge in [0.15, 0.2) is 0 Å². The fourth-order valence-electron chi connectivity index (χ4n) is 1.04. The normalized spacial score (nSPS) is 11.2. The number of nitrogens with zero attached hydrogens (tertiary/aromatic N) is 1. The summed E-state index contributed by atoms with van der Waals surface area (Å²) in [6.07, 6.45) is -4.75. The molecule has 1 rings (SSSR count). The summed E-state index contributed by atoms with van der Waals surface area (Å²) in [5.41, 5.74) is -3.12. The van der Waals surface area contributed by atoms with Gasteiger partial charge in [-0.3, -0.25) is 10.1 Å². The molecule has 1 aromatic carbocycles. The van der Waals surface area contributed by atoms with Crippen LogP contribution in [0.2, 0.25) is 0 Å². The number of benzene rings is 1. The van der Waals surface area contributed by atoms with Gasteiger partial charge in [0.05, 0.1) is 10.5 Å². The maximum absolute atomic E-state index is 12.2. The van der Waals surface area contributed by atoms with Crippen molar-refractivity contribution in [2.24, 2.45) is 0 Å². The van der Waals surface area contributed by atoms with Crippen molar-refractivity contribution in [3.05, 3.63) is 39.4 Å². The van der Waals surface area contributed by atoms with Crippen molar-refractivity contribution in [1.82, 2.24) is 0 Å². The Labute approximate surface area is 86.3 Å². The van der Waals surface area contributed by atoms with E-state index in [1.165, 1.54) is 0 Å². The summed E-state index contributed by atoms with van der Waals surface area (Å²) in [6, 6.07) is 1.24. The van der Waals surface area contributed by atoms with Gasteiger partial charge in [0.2, 0.25) is 0 Å². The minimum absolute atomic E-state index is 0.198. The molecular weight excluding hydrogens is 231 g/mol. The van der Waals surface area contributed by atoms with Crippen molar-refractivity contribution in [3.8, 4) is 0 Å². The summed E-state index contributed by atoms with van der Waals surface area (Å²) < 4.78 is 36.6. The summed E-state index contributed by atoms with van der Waals surface area (Å²) in [6.45, 7) is 0. The van der Waals surface area contributed by atoms with Gasteiger partial charge in [0, 0.05) is 6.07 Å². The molecule has 0 aromatic heterocycles. The number of hydrogen-bond acceptors (Lipinski definition) is 3. The lowest BCUT2D eigenvalue weighted by Crippen LogP contribution is -2.08. The van der Waals surface area contributed by atoms with Crippen LogP contribution in [0, 0.1) is 10.1 Å². The number of rotatable bonds is 2. The number of aromatic carboxylic acids is 1. The van der Waals surface area contributed by atoms with E-state index in [-0.39, 0.29) is 6.07 Å². The lowest BCUT2D eigenvalue weighted by atomic mass is 10.1. The van der Waals surface area contributed by atoms with Crippen molar-refractivity contribution in [2.75, 3.05) is 0 Å². The topological polar surface area (TPSA) is 80.4 Å². The summed E-state index contributed by atoms with van der Waals surface area (Å²) in [7, 11) is 0. The van der Waals surface area contributed by atoms with Gasteiger partial charge >= 0.3 is 12.1 Å². The number of carboxylic acids is 1. The predicted molar refractivity (Wildman–Crippen MR) is 45.1 cm³/mol. The van der Waals surface area contributed by atoms with E-state index >= 15 is 0 Å². The smallest absolute Gasteiger partial charge is 0.416 e. The van der Waals surface area contributed by atoms with Crippen LogP contribution in [0.25, 0.3) is 0 Å². The van der Waals surface area contributed by atoms with Crippen LogP contribution in [0.15, 0.2) is 18.2 Å². The van der Waals surface area contributed by atoms with Crippen LogP contribution in [0.3, 0.4) is 0 Å². The van der Waals surface area contributed by atoms with Gasteiger partial charge in [-0.15, -0.1) is 0 Å². The van der Waals surface area contributed by atoms with Crippen molar-refractivity contribution in [3.63, 3.8) is 0 Å². The largest absolute Gasteiger partial charge is 0.477 e. The Kier molecular flexibility index (Phi) is 2.84. The summed E-state index contributed by atoms with van der Waals surface area (Å²) in [4.78, 5) is 19.7. The Morgan fingerprint density at radius 2 is 1.94 bits per heavy atom. The van der Waals surface area contributed by atoms with E-state index in [4.69, 9.17) is 5.11 Å². The van der Waals surface area contributed by atoms with Gasteiger partial charge in [0.25, 0.3) is 5.69 Å². The Morgan fingerprint density at radius 3 is 2.31 bits per heavy atom. The molecule has 0 unspecified atom stereocenters. The van der Waals surface area contributed by atoms with Gasteiger partial charge in [-0.1, -0.05) is 0 Å². The lowest BCUT2D eigenvalue weighted by molar-refractivity contribution is -0.385. The minimum atomic E-state index is -4.75. The van der Waals surface area contributed by atoms with Crippen molar-refractivity contribution >= 4 is 11.7 Å². The fourth-order valence-corrected chi connectivity index (χ4v) is 1.04. The third kappa shape index (κ3) is 2.27. The van der Waals surface area contributed by atoms with Crippen molar-refractivity contribution in [1.29, 1.82) is 0 Å². The van der Waals surface area contributed by atoms with Crippen LogP contribution in [-0.2, 0) is 6.18 Å². The number of nitro groups is 1. The van der Waals surface area contributed by atoms with E-state index in [0.29, 0.717) is 12.1 Å². The molecule has 8 heteroatoms. The second-order valence-corrected chi connectivity index (χ2v) is 2.79. The first-order valence-corrected chi connectivity index (χ1v) is 3.82. The molecule has 0 aliphatic heterocycles. The van der Waals surface area contributed by atoms with Crippen LogP contribution in [0.1, 0.15) is 15.9 Å². The zero-order valence-corrected chi connectivity index (χ0v) is 7.49. The number of alkyl halides is 3. The number of hydrogen-bond donors (Lipinski definition) is 1. The molecule has 0 saturated carbocycles. The van der Waals surface area contributed by atoms with E-state index in [1.54, 1.807) is 0 Å². The highest BCUT2D eigenvalue weighted by molar-refractivity contribution is 5.92. The first-order chi connectivity index (χ1) is 7.23. The predicted octanol–water partition coefficient (Wildman–Crippen LogP) is 2.31. The molecule has 86 valence electrons. The maximum atomic E-state index is 12.2. The molecule has 0 bridgehead atoms. The number of carbonyl (C=O) groups is 1. The zero-order valence-electron chi connectivity index (χ0n) is 7.49. The molecule has 1 aromatic rings. The molecule has 0 heterocycles. The van der Waals surface area contributed by atoms with E-state index in [0.717, 1.165) is 0 Å². The zero-order chi connectivity index (χ0) is 12.5. The minimum Gasteiger partial charge on any atom is -0.477 e.